The van der Waals surface area contributed by atoms with Crippen LogP contribution in [0.25, 0.3) is 0 Å². The first kappa shape index (κ1) is 11.5. The van der Waals surface area contributed by atoms with Crippen molar-refractivity contribution in [1.82, 2.24) is 5.32 Å². The van der Waals surface area contributed by atoms with Gasteiger partial charge in [-0.2, -0.15) is 5.26 Å². The Balaban J connectivity index is 2.32. The predicted molar refractivity (Wildman–Crippen MR) is 74.6 cm³/mol. The van der Waals surface area contributed by atoms with Crippen molar-refractivity contribution in [1.29, 1.82) is 5.26 Å². The largest absolute Gasteiger partial charge is 0.383 e. The molecule has 1 aromatic carbocycles. The van der Waals surface area contributed by atoms with Gasteiger partial charge >= 0.3 is 0 Å². The van der Waals surface area contributed by atoms with Gasteiger partial charge in [0.25, 0.3) is 0 Å². The van der Waals surface area contributed by atoms with Crippen LogP contribution >= 0.6 is 0 Å². The first-order valence-electron chi connectivity index (χ1n) is 6.15. The Kier molecular flexibility index (Phi) is 2.42. The Morgan fingerprint density at radius 3 is 2.74 bits per heavy atom. The van der Waals surface area contributed by atoms with E-state index in [1.54, 1.807) is 0 Å². The third kappa shape index (κ3) is 1.55. The summed E-state index contributed by atoms with van der Waals surface area (Å²) in [6, 6.07) is 10.2. The Morgan fingerprint density at radius 2 is 2.00 bits per heavy atom. The van der Waals surface area contributed by atoms with Crippen LogP contribution in [0.2, 0.25) is 0 Å². The molecule has 2 aliphatic rings. The number of fused-ring (bicyclic) bond motifs is 3. The Labute approximate surface area is 112 Å². The van der Waals surface area contributed by atoms with Crippen molar-refractivity contribution < 1.29 is 0 Å². The number of allylic oxidation sites excluding steroid dienone is 3. The molecule has 0 fully saturated rings. The number of nitrogens with two attached hydrogens (primary N) is 1. The molecule has 3 N–H and O–H groups in total. The van der Waals surface area contributed by atoms with Crippen molar-refractivity contribution in [3.8, 4) is 6.07 Å². The van der Waals surface area contributed by atoms with Crippen LogP contribution in [0.4, 0.5) is 5.69 Å². The molecule has 19 heavy (non-hydrogen) atoms. The molecule has 1 atom stereocenters. The number of hydrogen-bond acceptors (Lipinski definition) is 4. The molecule has 0 radical (unpaired) electrons. The van der Waals surface area contributed by atoms with Crippen LogP contribution in [0.15, 0.2) is 51.8 Å². The topological polar surface area (TPSA) is 74.2 Å². The lowest BCUT2D eigenvalue weighted by molar-refractivity contribution is 0.812. The number of hydrogen-bond donors (Lipinski definition) is 2. The van der Waals surface area contributed by atoms with Crippen molar-refractivity contribution in [2.75, 3.05) is 0 Å². The summed E-state index contributed by atoms with van der Waals surface area (Å²) in [4.78, 5) is 4.44. The molecule has 4 nitrogen and oxygen atoms in total. The summed E-state index contributed by atoms with van der Waals surface area (Å²) in [5, 5.41) is 12.7. The van der Waals surface area contributed by atoms with E-state index < -0.39 is 0 Å². The summed E-state index contributed by atoms with van der Waals surface area (Å²) in [5.41, 5.74) is 11.5. The van der Waals surface area contributed by atoms with E-state index in [1.165, 1.54) is 0 Å². The zero-order valence-electron chi connectivity index (χ0n) is 10.9. The maximum Gasteiger partial charge on any atom is 0.130 e. The number of aliphatic imine (C=N–C) groups is 1. The van der Waals surface area contributed by atoms with E-state index in [1.807, 2.05) is 38.1 Å². The highest BCUT2D eigenvalue weighted by Crippen LogP contribution is 2.44. The summed E-state index contributed by atoms with van der Waals surface area (Å²) < 4.78 is 0. The van der Waals surface area contributed by atoms with Crippen LogP contribution in [-0.4, -0.2) is 5.84 Å². The molecule has 0 aliphatic carbocycles. The van der Waals surface area contributed by atoms with E-state index in [0.29, 0.717) is 11.4 Å². The fourth-order valence-electron chi connectivity index (χ4n) is 2.82. The van der Waals surface area contributed by atoms with Gasteiger partial charge in [-0.1, -0.05) is 18.2 Å². The highest BCUT2D eigenvalue weighted by Gasteiger charge is 2.34. The second kappa shape index (κ2) is 3.99. The molecule has 0 amide bonds. The van der Waals surface area contributed by atoms with Gasteiger partial charge in [-0.25, -0.2) is 4.99 Å². The van der Waals surface area contributed by atoms with Gasteiger partial charge in [-0.3, -0.25) is 0 Å². The van der Waals surface area contributed by atoms with E-state index in [9.17, 15) is 5.26 Å². The van der Waals surface area contributed by atoms with Gasteiger partial charge in [0.2, 0.25) is 0 Å². The van der Waals surface area contributed by atoms with Gasteiger partial charge in [0.1, 0.15) is 5.84 Å². The van der Waals surface area contributed by atoms with Crippen molar-refractivity contribution >= 4 is 11.5 Å². The number of amidine groups is 1. The Hall–Kier alpha value is -2.54. The fourth-order valence-corrected chi connectivity index (χ4v) is 2.82. The second-order valence-corrected chi connectivity index (χ2v) is 4.80. The molecule has 94 valence electrons. The summed E-state index contributed by atoms with van der Waals surface area (Å²) in [5.74, 6) is 0.397. The molecular formula is C15H14N4. The maximum absolute atomic E-state index is 9.45. The summed E-state index contributed by atoms with van der Waals surface area (Å²) >= 11 is 0. The fraction of sp³-hybridized carbons (Fsp3) is 0.200. The zero-order chi connectivity index (χ0) is 13.6. The molecular weight excluding hydrogens is 236 g/mol. The number of rotatable bonds is 0. The number of nitrogens with one attached hydrogen (secondary N) is 1. The number of para-hydroxylation sites is 1. The molecule has 3 rings (SSSR count). The van der Waals surface area contributed by atoms with Gasteiger partial charge in [0.15, 0.2) is 0 Å². The highest BCUT2D eigenvalue weighted by atomic mass is 15.0. The van der Waals surface area contributed by atoms with E-state index in [4.69, 9.17) is 5.73 Å². The van der Waals surface area contributed by atoms with Crippen molar-refractivity contribution in [2.24, 2.45) is 10.7 Å². The van der Waals surface area contributed by atoms with Crippen LogP contribution < -0.4 is 11.1 Å². The lowest BCUT2D eigenvalue weighted by atomic mass is 9.78. The van der Waals surface area contributed by atoms with E-state index in [-0.39, 0.29) is 5.92 Å². The molecule has 0 saturated heterocycles. The molecule has 0 bridgehead atoms. The third-order valence-corrected chi connectivity index (χ3v) is 3.65. The molecule has 4 heteroatoms. The van der Waals surface area contributed by atoms with Gasteiger partial charge < -0.3 is 11.1 Å². The molecule has 2 heterocycles. The first-order valence-corrected chi connectivity index (χ1v) is 6.15. The van der Waals surface area contributed by atoms with Gasteiger partial charge in [0.05, 0.1) is 23.2 Å². The number of nitriles is 1. The van der Waals surface area contributed by atoms with Crippen LogP contribution in [0.5, 0.6) is 0 Å². The van der Waals surface area contributed by atoms with Crippen LogP contribution in [-0.2, 0) is 0 Å². The van der Waals surface area contributed by atoms with E-state index in [0.717, 1.165) is 28.2 Å². The minimum absolute atomic E-state index is 0.0973. The van der Waals surface area contributed by atoms with Gasteiger partial charge in [0, 0.05) is 17.0 Å². The quantitative estimate of drug-likeness (QED) is 0.742. The van der Waals surface area contributed by atoms with E-state index in [2.05, 4.69) is 16.4 Å². The van der Waals surface area contributed by atoms with Crippen molar-refractivity contribution in [2.45, 2.75) is 19.8 Å². The summed E-state index contributed by atoms with van der Waals surface area (Å²) in [7, 11) is 0. The SMILES string of the molecule is CC1=C(C#N)[C@H]2C(=C(C)N1)C(N)=Nc1ccccc12. The van der Waals surface area contributed by atoms with Gasteiger partial charge in [-0.15, -0.1) is 0 Å². The van der Waals surface area contributed by atoms with Crippen molar-refractivity contribution in [3.05, 3.63) is 52.4 Å². The van der Waals surface area contributed by atoms with Gasteiger partial charge in [-0.05, 0) is 25.5 Å². The highest BCUT2D eigenvalue weighted by molar-refractivity contribution is 6.04. The molecule has 0 spiro atoms. The number of dihydropyridines is 1. The van der Waals surface area contributed by atoms with E-state index >= 15 is 0 Å². The number of benzene rings is 1. The lowest BCUT2D eigenvalue weighted by Crippen LogP contribution is -2.32. The molecule has 1 aromatic rings. The Bertz CT molecular complexity index is 701. The number of nitrogens with zero attached hydrogens (tertiary/aromatic N) is 2. The molecule has 0 saturated carbocycles. The minimum atomic E-state index is -0.0973. The maximum atomic E-state index is 9.45. The normalized spacial score (nSPS) is 21.1. The average molecular weight is 250 g/mol. The van der Waals surface area contributed by atoms with Crippen LogP contribution in [0.3, 0.4) is 0 Å². The molecule has 0 unspecified atom stereocenters. The second-order valence-electron chi connectivity index (χ2n) is 4.80. The third-order valence-electron chi connectivity index (χ3n) is 3.65. The Morgan fingerprint density at radius 1 is 1.26 bits per heavy atom. The monoisotopic (exact) mass is 250 g/mol. The lowest BCUT2D eigenvalue weighted by Gasteiger charge is -2.32. The smallest absolute Gasteiger partial charge is 0.130 e. The zero-order valence-corrected chi connectivity index (χ0v) is 10.9. The average Bonchev–Trinajstić information content (AvgIpc) is 2.38. The molecule has 0 aromatic heterocycles. The summed E-state index contributed by atoms with van der Waals surface area (Å²) in [6.07, 6.45) is 0. The van der Waals surface area contributed by atoms with Crippen LogP contribution in [0.1, 0.15) is 25.3 Å². The standard InChI is InChI=1S/C15H14N4/c1-8-11(7-16)14-10-5-3-4-6-12(10)19-15(17)13(14)9(2)18-8/h3-6,14,18H,1-2H3,(H2,17,19)/t14-/m0/s1. The minimum Gasteiger partial charge on any atom is -0.383 e. The van der Waals surface area contributed by atoms with Crippen molar-refractivity contribution in [3.63, 3.8) is 0 Å². The predicted octanol–water partition coefficient (Wildman–Crippen LogP) is 2.45. The summed E-state index contributed by atoms with van der Waals surface area (Å²) in [6.45, 7) is 3.89. The molecule has 2 aliphatic heterocycles. The first-order chi connectivity index (χ1) is 9.13. The van der Waals surface area contributed by atoms with Crippen LogP contribution in [0, 0.1) is 11.3 Å².